The number of aryl methyl sites for hydroxylation is 2. The molecule has 1 amide bonds. The van der Waals surface area contributed by atoms with Crippen molar-refractivity contribution in [1.82, 2.24) is 14.8 Å². The van der Waals surface area contributed by atoms with Crippen molar-refractivity contribution in [3.05, 3.63) is 70.1 Å². The second-order valence-corrected chi connectivity index (χ2v) is 11.9. The van der Waals surface area contributed by atoms with Crippen LogP contribution >= 0.6 is 0 Å². The van der Waals surface area contributed by atoms with Crippen molar-refractivity contribution in [3.63, 3.8) is 0 Å². The maximum Gasteiger partial charge on any atom is 0.264 e. The molecular formula is C28H37N3O4S. The number of hydrogen-bond donors (Lipinski definition) is 1. The van der Waals surface area contributed by atoms with Gasteiger partial charge in [-0.25, -0.2) is 13.1 Å². The lowest BCUT2D eigenvalue weighted by atomic mass is 9.83. The average Bonchev–Trinajstić information content (AvgIpc) is 3.11. The average molecular weight is 512 g/mol. The fourth-order valence-corrected chi connectivity index (χ4v) is 5.52. The first kappa shape index (κ1) is 27.6. The van der Waals surface area contributed by atoms with E-state index >= 15 is 0 Å². The van der Waals surface area contributed by atoms with E-state index in [0.29, 0.717) is 6.54 Å². The van der Waals surface area contributed by atoms with Gasteiger partial charge in [-0.05, 0) is 79.7 Å². The lowest BCUT2D eigenvalue weighted by Crippen LogP contribution is -2.32. The second-order valence-electron chi connectivity index (χ2n) is 10.2. The SMILES string of the molecule is Cc1noc(C)c1-c1cc(C(C)C)c(CC(=O)NS(=O)(=O)c2ccc(CN(C)C)cc2)c(C(C)C)c1. The van der Waals surface area contributed by atoms with E-state index in [2.05, 4.69) is 49.7 Å². The van der Waals surface area contributed by atoms with Gasteiger partial charge in [-0.2, -0.15) is 0 Å². The van der Waals surface area contributed by atoms with Crippen molar-refractivity contribution in [1.29, 1.82) is 0 Å². The molecule has 1 aromatic heterocycles. The lowest BCUT2D eigenvalue weighted by Gasteiger charge is -2.22. The van der Waals surface area contributed by atoms with Gasteiger partial charge in [0.1, 0.15) is 5.76 Å². The number of rotatable bonds is 9. The van der Waals surface area contributed by atoms with Crippen LogP contribution in [0.3, 0.4) is 0 Å². The molecule has 7 nitrogen and oxygen atoms in total. The maximum atomic E-state index is 13.1. The number of benzene rings is 2. The number of amides is 1. The summed E-state index contributed by atoms with van der Waals surface area (Å²) in [4.78, 5) is 15.1. The minimum absolute atomic E-state index is 0.0269. The number of hydrogen-bond acceptors (Lipinski definition) is 6. The van der Waals surface area contributed by atoms with Crippen LogP contribution in [0.2, 0.25) is 0 Å². The van der Waals surface area contributed by atoms with E-state index in [9.17, 15) is 13.2 Å². The molecular weight excluding hydrogens is 474 g/mol. The van der Waals surface area contributed by atoms with Crippen LogP contribution in [-0.2, 0) is 27.8 Å². The molecule has 1 N–H and O–H groups in total. The highest BCUT2D eigenvalue weighted by molar-refractivity contribution is 7.90. The molecule has 2 aromatic carbocycles. The largest absolute Gasteiger partial charge is 0.361 e. The summed E-state index contributed by atoms with van der Waals surface area (Å²) in [6.07, 6.45) is -0.0269. The number of nitrogens with one attached hydrogen (secondary N) is 1. The first-order chi connectivity index (χ1) is 16.8. The molecule has 0 atom stereocenters. The minimum atomic E-state index is -3.98. The monoisotopic (exact) mass is 511 g/mol. The van der Waals surface area contributed by atoms with Crippen LogP contribution < -0.4 is 4.72 Å². The smallest absolute Gasteiger partial charge is 0.264 e. The molecule has 0 aliphatic heterocycles. The van der Waals surface area contributed by atoms with Gasteiger partial charge >= 0.3 is 0 Å². The fraction of sp³-hybridized carbons (Fsp3) is 0.429. The summed E-state index contributed by atoms with van der Waals surface area (Å²) in [7, 11) is -0.0856. The molecule has 0 spiro atoms. The molecule has 8 heteroatoms. The van der Waals surface area contributed by atoms with Crippen molar-refractivity contribution in [2.75, 3.05) is 14.1 Å². The molecule has 0 aliphatic rings. The highest BCUT2D eigenvalue weighted by atomic mass is 32.2. The highest BCUT2D eigenvalue weighted by Crippen LogP contribution is 2.36. The minimum Gasteiger partial charge on any atom is -0.361 e. The lowest BCUT2D eigenvalue weighted by molar-refractivity contribution is -0.118. The highest BCUT2D eigenvalue weighted by Gasteiger charge is 2.24. The maximum absolute atomic E-state index is 13.1. The third-order valence-corrected chi connectivity index (χ3v) is 7.59. The van der Waals surface area contributed by atoms with Crippen LogP contribution in [0.15, 0.2) is 45.8 Å². The summed E-state index contributed by atoms with van der Waals surface area (Å²) in [5.41, 5.74) is 6.64. The van der Waals surface area contributed by atoms with Crippen LogP contribution in [0.1, 0.15) is 73.2 Å². The van der Waals surface area contributed by atoms with Gasteiger partial charge in [-0.15, -0.1) is 0 Å². The van der Waals surface area contributed by atoms with Crippen molar-refractivity contribution < 1.29 is 17.7 Å². The van der Waals surface area contributed by atoms with Crippen LogP contribution in [0.5, 0.6) is 0 Å². The molecule has 0 saturated carbocycles. The second kappa shape index (κ2) is 11.0. The van der Waals surface area contributed by atoms with E-state index in [1.165, 1.54) is 12.1 Å². The Morgan fingerprint density at radius 2 is 1.56 bits per heavy atom. The topological polar surface area (TPSA) is 92.5 Å². The van der Waals surface area contributed by atoms with Gasteiger partial charge in [0.2, 0.25) is 5.91 Å². The van der Waals surface area contributed by atoms with E-state index in [1.54, 1.807) is 12.1 Å². The number of carbonyl (C=O) groups excluding carboxylic acids is 1. The summed E-state index contributed by atoms with van der Waals surface area (Å²) in [6, 6.07) is 10.7. The Labute approximate surface area is 214 Å². The Balaban J connectivity index is 1.93. The molecule has 36 heavy (non-hydrogen) atoms. The molecule has 3 rings (SSSR count). The van der Waals surface area contributed by atoms with Crippen molar-refractivity contribution in [2.45, 2.75) is 71.2 Å². The van der Waals surface area contributed by atoms with Gasteiger partial charge < -0.3 is 9.42 Å². The zero-order valence-corrected chi connectivity index (χ0v) is 23.3. The summed E-state index contributed by atoms with van der Waals surface area (Å²) < 4.78 is 33.5. The Bertz CT molecular complexity index is 1290. The van der Waals surface area contributed by atoms with Gasteiger partial charge in [-0.3, -0.25) is 4.79 Å². The molecule has 0 saturated heterocycles. The number of aromatic nitrogens is 1. The predicted molar refractivity (Wildman–Crippen MR) is 142 cm³/mol. The fourth-order valence-electron chi connectivity index (χ4n) is 4.54. The first-order valence-electron chi connectivity index (χ1n) is 12.2. The number of sulfonamides is 1. The van der Waals surface area contributed by atoms with E-state index in [4.69, 9.17) is 4.52 Å². The molecule has 0 aliphatic carbocycles. The molecule has 0 fully saturated rings. The molecule has 1 heterocycles. The summed E-state index contributed by atoms with van der Waals surface area (Å²) >= 11 is 0. The van der Waals surface area contributed by atoms with Gasteiger partial charge in [0, 0.05) is 12.1 Å². The summed E-state index contributed by atoms with van der Waals surface area (Å²) in [5, 5.41) is 4.09. The number of nitrogens with zero attached hydrogens (tertiary/aromatic N) is 2. The third kappa shape index (κ3) is 6.23. The summed E-state index contributed by atoms with van der Waals surface area (Å²) in [5.74, 6) is 0.449. The zero-order chi connectivity index (χ0) is 26.8. The van der Waals surface area contributed by atoms with Gasteiger partial charge in [-0.1, -0.05) is 57.1 Å². The molecule has 194 valence electrons. The molecule has 3 aromatic rings. The summed E-state index contributed by atoms with van der Waals surface area (Å²) in [6.45, 7) is 12.8. The Hall–Kier alpha value is -2.97. The van der Waals surface area contributed by atoms with Gasteiger partial charge in [0.15, 0.2) is 0 Å². The first-order valence-corrected chi connectivity index (χ1v) is 13.7. The van der Waals surface area contributed by atoms with Crippen molar-refractivity contribution in [3.8, 4) is 11.1 Å². The predicted octanol–water partition coefficient (Wildman–Crippen LogP) is 5.31. The van der Waals surface area contributed by atoms with Crippen LogP contribution in [0, 0.1) is 13.8 Å². The van der Waals surface area contributed by atoms with E-state index < -0.39 is 15.9 Å². The van der Waals surface area contributed by atoms with Crippen molar-refractivity contribution in [2.24, 2.45) is 0 Å². The van der Waals surface area contributed by atoms with E-state index in [1.807, 2.05) is 32.8 Å². The third-order valence-electron chi connectivity index (χ3n) is 6.20. The normalized spacial score (nSPS) is 12.1. The van der Waals surface area contributed by atoms with E-state index in [0.717, 1.165) is 44.8 Å². The molecule has 0 radical (unpaired) electrons. The Morgan fingerprint density at radius 3 is 2.00 bits per heavy atom. The zero-order valence-electron chi connectivity index (χ0n) is 22.5. The van der Waals surface area contributed by atoms with Crippen molar-refractivity contribution >= 4 is 15.9 Å². The Kier molecular flexibility index (Phi) is 8.41. The Morgan fingerprint density at radius 1 is 1.00 bits per heavy atom. The molecule has 0 unspecified atom stereocenters. The van der Waals surface area contributed by atoms with Crippen LogP contribution in [0.25, 0.3) is 11.1 Å². The quantitative estimate of drug-likeness (QED) is 0.418. The molecule has 0 bridgehead atoms. The van der Waals surface area contributed by atoms with Crippen LogP contribution in [-0.4, -0.2) is 38.5 Å². The van der Waals surface area contributed by atoms with E-state index in [-0.39, 0.29) is 23.2 Å². The van der Waals surface area contributed by atoms with Crippen LogP contribution in [0.4, 0.5) is 0 Å². The van der Waals surface area contributed by atoms with Gasteiger partial charge in [0.25, 0.3) is 10.0 Å². The standard InChI is InChI=1S/C28H37N3O4S/c1-17(2)24-13-22(28-19(5)29-35-20(28)6)14-25(18(3)4)26(24)15-27(32)30-36(33,34)23-11-9-21(10-12-23)16-31(7)8/h9-14,17-18H,15-16H2,1-8H3,(H,30,32). The number of carbonyl (C=O) groups is 1. The van der Waals surface area contributed by atoms with Gasteiger partial charge in [0.05, 0.1) is 17.0 Å².